The van der Waals surface area contributed by atoms with Crippen LogP contribution in [0, 0.1) is 0 Å². The third-order valence-electron chi connectivity index (χ3n) is 3.79. The maximum Gasteiger partial charge on any atom is 0.612 e. The number of benzene rings is 3. The molecule has 3 aromatic carbocycles. The quantitative estimate of drug-likeness (QED) is 0.334. The van der Waals surface area contributed by atoms with E-state index in [0.29, 0.717) is 17.2 Å². The number of nitrogens with two attached hydrogens (primary N) is 3. The highest BCUT2D eigenvalue weighted by atomic mass is 31.3. The predicted octanol–water partition coefficient (Wildman–Crippen LogP) is 4.59. The lowest BCUT2D eigenvalue weighted by atomic mass is 10.3. The van der Waals surface area contributed by atoms with Gasteiger partial charge in [0.1, 0.15) is 0 Å². The van der Waals surface area contributed by atoms with Crippen LogP contribution in [-0.4, -0.2) is 0 Å². The summed E-state index contributed by atoms with van der Waals surface area (Å²) >= 11 is 0. The first kappa shape index (κ1) is 21.2. The number of para-hydroxylation sites is 3. The van der Waals surface area contributed by atoms with Crippen molar-refractivity contribution in [1.29, 1.82) is 0 Å². The average Bonchev–Trinajstić information content (AvgIpc) is 2.68. The van der Waals surface area contributed by atoms with E-state index in [-0.39, 0.29) is 0 Å². The first-order valence-electron chi connectivity index (χ1n) is 8.96. The Bertz CT molecular complexity index is 997. The highest BCUT2D eigenvalue weighted by Crippen LogP contribution is 2.74. The number of nitrogens with one attached hydrogen (secondary N) is 2. The van der Waals surface area contributed by atoms with Crippen LogP contribution in [-0.2, 0) is 0 Å². The summed E-state index contributed by atoms with van der Waals surface area (Å²) in [6, 6.07) is 27.4. The molecule has 1 unspecified atom stereocenters. The van der Waals surface area contributed by atoms with Crippen LogP contribution >= 0.6 is 23.5 Å². The molecule has 0 saturated carbocycles. The van der Waals surface area contributed by atoms with Gasteiger partial charge in [-0.2, -0.15) is 0 Å². The minimum atomic E-state index is -3.30. The van der Waals surface area contributed by atoms with Crippen molar-refractivity contribution in [2.45, 2.75) is 0 Å². The smallest absolute Gasteiger partial charge is 0.289 e. The van der Waals surface area contributed by atoms with Gasteiger partial charge in [-0.3, -0.25) is 24.6 Å². The van der Waals surface area contributed by atoms with Crippen molar-refractivity contribution in [1.82, 2.24) is 9.72 Å². The minimum Gasteiger partial charge on any atom is -0.289 e. The SMILES string of the molecule is NP1(N)=N[P+](Oc2ccccc2)(Oc2ccccc2)N[P+](N)(Oc2ccccc2)N1. The number of hydrogen-bond acceptors (Lipinski definition) is 9. The monoisotopic (exact) mass is 464 g/mol. The molecule has 1 aliphatic heterocycles. The molecule has 30 heavy (non-hydrogen) atoms. The second-order valence-corrected chi connectivity index (χ2v) is 13.1. The molecule has 0 radical (unpaired) electrons. The van der Waals surface area contributed by atoms with Crippen LogP contribution in [0.25, 0.3) is 0 Å². The zero-order chi connectivity index (χ0) is 21.1. The van der Waals surface area contributed by atoms with Gasteiger partial charge in [0.2, 0.25) is 7.51 Å². The zero-order valence-corrected chi connectivity index (χ0v) is 18.6. The second-order valence-electron chi connectivity index (χ2n) is 6.42. The second kappa shape index (κ2) is 8.60. The highest BCUT2D eigenvalue weighted by Gasteiger charge is 2.67. The van der Waals surface area contributed by atoms with Gasteiger partial charge in [0.25, 0.3) is 0 Å². The van der Waals surface area contributed by atoms with E-state index in [4.69, 9.17) is 30.1 Å². The molecule has 8 N–H and O–H groups in total. The number of rotatable bonds is 6. The van der Waals surface area contributed by atoms with Crippen LogP contribution in [0.3, 0.4) is 0 Å². The lowest BCUT2D eigenvalue weighted by Gasteiger charge is -2.30. The molecule has 3 aromatic rings. The van der Waals surface area contributed by atoms with Gasteiger partial charge in [-0.05, 0) is 40.9 Å². The van der Waals surface area contributed by atoms with Gasteiger partial charge in [-0.25, -0.2) is 0 Å². The number of nitrogens with zero attached hydrogens (tertiary/aromatic N) is 1. The molecule has 0 aromatic heterocycles. The zero-order valence-electron chi connectivity index (χ0n) is 15.9. The highest BCUT2D eigenvalue weighted by molar-refractivity contribution is 7.90. The fourth-order valence-corrected chi connectivity index (χ4v) is 11.6. The molecule has 0 amide bonds. The molecule has 156 valence electrons. The molecule has 1 atom stereocenters. The van der Waals surface area contributed by atoms with Crippen LogP contribution in [0.15, 0.2) is 95.5 Å². The standard InChI is InChI=1S/C18H23N6O3P3/c19-28(20)22-29(21,25-16-10-4-1-5-11-16)24-30(23-28,26-17-12-6-2-7-13-17)27-18-14-8-3-9-15-18/h1-15,22,24H,19-21H2/q+2. The van der Waals surface area contributed by atoms with Gasteiger partial charge in [-0.15, -0.1) is 5.50 Å². The van der Waals surface area contributed by atoms with E-state index >= 15 is 0 Å². The Kier molecular flexibility index (Phi) is 6.07. The van der Waals surface area contributed by atoms with E-state index in [1.807, 2.05) is 54.6 Å². The molecule has 0 bridgehead atoms. The molecule has 0 aliphatic carbocycles. The lowest BCUT2D eigenvalue weighted by Crippen LogP contribution is -2.43. The molecule has 1 aliphatic rings. The van der Waals surface area contributed by atoms with Gasteiger partial charge in [0, 0.05) is 0 Å². The van der Waals surface area contributed by atoms with Crippen molar-refractivity contribution < 1.29 is 13.6 Å². The molecule has 0 spiro atoms. The summed E-state index contributed by atoms with van der Waals surface area (Å²) in [5, 5.41) is 0. The molecule has 0 saturated heterocycles. The summed E-state index contributed by atoms with van der Waals surface area (Å²) in [6.07, 6.45) is 0. The Morgan fingerprint density at radius 3 is 1.50 bits per heavy atom. The summed E-state index contributed by atoms with van der Waals surface area (Å²) in [6.45, 7) is 0. The van der Waals surface area contributed by atoms with Crippen LogP contribution in [0.2, 0.25) is 0 Å². The normalized spacial score (nSPS) is 21.8. The van der Waals surface area contributed by atoms with Gasteiger partial charge >= 0.3 is 16.0 Å². The molecular weight excluding hydrogens is 441 g/mol. The topological polar surface area (TPSA) is 142 Å². The fraction of sp³-hybridized carbons (Fsp3) is 0. The van der Waals surface area contributed by atoms with Crippen molar-refractivity contribution >= 4 is 23.5 Å². The maximum atomic E-state index is 6.59. The van der Waals surface area contributed by atoms with E-state index in [1.165, 1.54) is 0 Å². The van der Waals surface area contributed by atoms with Crippen LogP contribution in [0.1, 0.15) is 0 Å². The molecular formula is C18H23N6O3P3+2. The first-order chi connectivity index (χ1) is 14.4. The van der Waals surface area contributed by atoms with Crippen LogP contribution < -0.4 is 39.8 Å². The molecule has 12 heteroatoms. The van der Waals surface area contributed by atoms with Gasteiger partial charge in [0.05, 0.1) is 4.86 Å². The molecule has 9 nitrogen and oxygen atoms in total. The molecule has 4 rings (SSSR count). The molecule has 0 fully saturated rings. The average molecular weight is 464 g/mol. The van der Waals surface area contributed by atoms with Crippen molar-refractivity contribution in [3.8, 4) is 17.2 Å². The lowest BCUT2D eigenvalue weighted by molar-refractivity contribution is 0.452. The third-order valence-corrected chi connectivity index (χ3v) is 12.0. The van der Waals surface area contributed by atoms with Crippen LogP contribution in [0.4, 0.5) is 0 Å². The summed E-state index contributed by atoms with van der Waals surface area (Å²) in [7, 11) is -9.48. The first-order valence-corrected chi connectivity index (χ1v) is 14.2. The Hall–Kier alpha value is -2.05. The van der Waals surface area contributed by atoms with E-state index in [9.17, 15) is 0 Å². The Morgan fingerprint density at radius 2 is 1.07 bits per heavy atom. The van der Waals surface area contributed by atoms with E-state index in [1.54, 1.807) is 36.4 Å². The summed E-state index contributed by atoms with van der Waals surface area (Å²) in [5.74, 6) is 1.62. The van der Waals surface area contributed by atoms with E-state index in [2.05, 4.69) is 14.2 Å². The Balaban J connectivity index is 1.74. The predicted molar refractivity (Wildman–Crippen MR) is 123 cm³/mol. The van der Waals surface area contributed by atoms with Crippen LogP contribution in [0.5, 0.6) is 17.2 Å². The van der Waals surface area contributed by atoms with Gasteiger partial charge < -0.3 is 0 Å². The van der Waals surface area contributed by atoms with E-state index in [0.717, 1.165) is 0 Å². The van der Waals surface area contributed by atoms with Crippen molar-refractivity contribution in [2.75, 3.05) is 0 Å². The van der Waals surface area contributed by atoms with Crippen molar-refractivity contribution in [2.24, 2.45) is 21.0 Å². The Labute approximate surface area is 176 Å². The van der Waals surface area contributed by atoms with Gasteiger partial charge in [-0.1, -0.05) is 59.5 Å². The summed E-state index contributed by atoms with van der Waals surface area (Å²) in [5.41, 5.74) is 19.2. The summed E-state index contributed by atoms with van der Waals surface area (Å²) < 4.78 is 23.0. The van der Waals surface area contributed by atoms with Gasteiger partial charge in [0.15, 0.2) is 17.2 Å². The Morgan fingerprint density at radius 1 is 0.667 bits per heavy atom. The maximum absolute atomic E-state index is 6.59. The largest absolute Gasteiger partial charge is 0.612 e. The third kappa shape index (κ3) is 5.35. The summed E-state index contributed by atoms with van der Waals surface area (Å²) in [4.78, 5) is 6.13. The van der Waals surface area contributed by atoms with E-state index < -0.39 is 23.5 Å². The van der Waals surface area contributed by atoms with Crippen molar-refractivity contribution in [3.05, 3.63) is 91.0 Å². The molecule has 1 heterocycles. The van der Waals surface area contributed by atoms with Crippen molar-refractivity contribution in [3.63, 3.8) is 0 Å². The number of hydrogen-bond donors (Lipinski definition) is 5. The fourth-order valence-electron chi connectivity index (χ4n) is 2.72. The minimum absolute atomic E-state index is 0.533.